The van der Waals surface area contributed by atoms with Crippen molar-refractivity contribution in [2.45, 2.75) is 6.29 Å². The van der Waals surface area contributed by atoms with Crippen LogP contribution in [-0.2, 0) is 9.47 Å². The Morgan fingerprint density at radius 1 is 1.12 bits per heavy atom. The molecular weight excluding hydrogens is 218 g/mol. The first-order valence-electron chi connectivity index (χ1n) is 5.37. The predicted molar refractivity (Wildman–Crippen MR) is 65.0 cm³/mol. The molecule has 2 rings (SSSR count). The van der Waals surface area contributed by atoms with E-state index in [9.17, 15) is 0 Å². The van der Waals surface area contributed by atoms with Gasteiger partial charge in [-0.25, -0.2) is 0 Å². The third-order valence-electron chi connectivity index (χ3n) is 2.50. The minimum atomic E-state index is -0.367. The van der Waals surface area contributed by atoms with Crippen molar-refractivity contribution in [1.29, 1.82) is 0 Å². The summed E-state index contributed by atoms with van der Waals surface area (Å²) in [7, 11) is 3.16. The zero-order valence-electron chi connectivity index (χ0n) is 9.92. The number of hydrogen-bond acceptors (Lipinski definition) is 4. The lowest BCUT2D eigenvalue weighted by Crippen LogP contribution is -2.22. The number of methoxy groups -OCH3 is 2. The SMILES string of the molecule is COC(COc1cccc2cccnc12)OC. The van der Waals surface area contributed by atoms with Crippen molar-refractivity contribution >= 4 is 10.9 Å². The molecule has 1 aromatic heterocycles. The van der Waals surface area contributed by atoms with Gasteiger partial charge in [0.1, 0.15) is 17.9 Å². The van der Waals surface area contributed by atoms with Gasteiger partial charge in [-0.2, -0.15) is 0 Å². The van der Waals surface area contributed by atoms with Crippen LogP contribution in [0, 0.1) is 0 Å². The third-order valence-corrected chi connectivity index (χ3v) is 2.50. The fourth-order valence-electron chi connectivity index (χ4n) is 1.58. The molecule has 17 heavy (non-hydrogen) atoms. The standard InChI is InChI=1S/C13H15NO3/c1-15-12(16-2)9-17-11-7-3-5-10-6-4-8-14-13(10)11/h3-8,12H,9H2,1-2H3. The van der Waals surface area contributed by atoms with Gasteiger partial charge < -0.3 is 14.2 Å². The van der Waals surface area contributed by atoms with Crippen LogP contribution in [0.2, 0.25) is 0 Å². The number of ether oxygens (including phenoxy) is 3. The Kier molecular flexibility index (Phi) is 3.90. The summed E-state index contributed by atoms with van der Waals surface area (Å²) >= 11 is 0. The summed E-state index contributed by atoms with van der Waals surface area (Å²) in [5, 5.41) is 1.05. The van der Waals surface area contributed by atoms with Crippen LogP contribution in [0.1, 0.15) is 0 Å². The van der Waals surface area contributed by atoms with Crippen molar-refractivity contribution < 1.29 is 14.2 Å². The molecule has 0 saturated carbocycles. The highest BCUT2D eigenvalue weighted by atomic mass is 16.7. The summed E-state index contributed by atoms with van der Waals surface area (Å²) in [5.41, 5.74) is 0.848. The van der Waals surface area contributed by atoms with Crippen molar-refractivity contribution in [3.05, 3.63) is 36.5 Å². The highest BCUT2D eigenvalue weighted by Crippen LogP contribution is 2.23. The number of rotatable bonds is 5. The Balaban J connectivity index is 2.18. The van der Waals surface area contributed by atoms with Gasteiger partial charge in [0, 0.05) is 25.8 Å². The minimum absolute atomic E-state index is 0.336. The Morgan fingerprint density at radius 2 is 1.88 bits per heavy atom. The van der Waals surface area contributed by atoms with E-state index in [0.29, 0.717) is 6.61 Å². The van der Waals surface area contributed by atoms with Gasteiger partial charge >= 0.3 is 0 Å². The van der Waals surface area contributed by atoms with Gasteiger partial charge in [-0.1, -0.05) is 18.2 Å². The summed E-state index contributed by atoms with van der Waals surface area (Å²) < 4.78 is 15.8. The van der Waals surface area contributed by atoms with Crippen LogP contribution in [0.5, 0.6) is 5.75 Å². The van der Waals surface area contributed by atoms with E-state index >= 15 is 0 Å². The first-order chi connectivity index (χ1) is 8.35. The van der Waals surface area contributed by atoms with Gasteiger partial charge in [0.2, 0.25) is 0 Å². The van der Waals surface area contributed by atoms with Crippen LogP contribution < -0.4 is 4.74 Å². The third kappa shape index (κ3) is 2.72. The molecule has 1 aromatic carbocycles. The molecule has 0 saturated heterocycles. The van der Waals surface area contributed by atoms with E-state index in [4.69, 9.17) is 14.2 Å². The highest BCUT2D eigenvalue weighted by Gasteiger charge is 2.08. The molecule has 0 unspecified atom stereocenters. The van der Waals surface area contributed by atoms with Gasteiger partial charge in [-0.15, -0.1) is 0 Å². The van der Waals surface area contributed by atoms with Gasteiger partial charge in [0.25, 0.3) is 0 Å². The second kappa shape index (κ2) is 5.61. The molecule has 0 aliphatic carbocycles. The highest BCUT2D eigenvalue weighted by molar-refractivity contribution is 5.84. The topological polar surface area (TPSA) is 40.6 Å². The first-order valence-corrected chi connectivity index (χ1v) is 5.37. The van der Waals surface area contributed by atoms with Gasteiger partial charge in [0.05, 0.1) is 0 Å². The normalized spacial score (nSPS) is 11.0. The average molecular weight is 233 g/mol. The molecule has 0 spiro atoms. The van der Waals surface area contributed by atoms with E-state index in [1.807, 2.05) is 30.3 Å². The van der Waals surface area contributed by atoms with Crippen molar-refractivity contribution in [1.82, 2.24) is 4.98 Å². The molecule has 4 nitrogen and oxygen atoms in total. The number of nitrogens with zero attached hydrogens (tertiary/aromatic N) is 1. The maximum atomic E-state index is 5.65. The van der Waals surface area contributed by atoms with E-state index < -0.39 is 0 Å². The maximum absolute atomic E-state index is 5.65. The molecule has 0 atom stereocenters. The number of hydrogen-bond donors (Lipinski definition) is 0. The molecule has 0 bridgehead atoms. The second-order valence-corrected chi connectivity index (χ2v) is 3.54. The van der Waals surface area contributed by atoms with Gasteiger partial charge in [-0.3, -0.25) is 4.98 Å². The largest absolute Gasteiger partial charge is 0.486 e. The molecule has 0 amide bonds. The maximum Gasteiger partial charge on any atom is 0.191 e. The lowest BCUT2D eigenvalue weighted by Gasteiger charge is -2.15. The molecule has 1 heterocycles. The Bertz CT molecular complexity index is 478. The number of benzene rings is 1. The second-order valence-electron chi connectivity index (χ2n) is 3.54. The van der Waals surface area contributed by atoms with Crippen molar-refractivity contribution in [3.8, 4) is 5.75 Å². The minimum Gasteiger partial charge on any atom is -0.486 e. The summed E-state index contributed by atoms with van der Waals surface area (Å²) in [4.78, 5) is 4.30. The number of aromatic nitrogens is 1. The number of pyridine rings is 1. The molecule has 0 fully saturated rings. The first kappa shape index (κ1) is 11.8. The fraction of sp³-hybridized carbons (Fsp3) is 0.308. The van der Waals surface area contributed by atoms with E-state index in [1.165, 1.54) is 0 Å². The van der Waals surface area contributed by atoms with E-state index in [0.717, 1.165) is 16.7 Å². The molecule has 2 aromatic rings. The lowest BCUT2D eigenvalue weighted by atomic mass is 10.2. The molecular formula is C13H15NO3. The van der Waals surface area contributed by atoms with Crippen LogP contribution in [0.25, 0.3) is 10.9 Å². The quantitative estimate of drug-likeness (QED) is 0.742. The van der Waals surface area contributed by atoms with Crippen LogP contribution in [0.4, 0.5) is 0 Å². The van der Waals surface area contributed by atoms with Crippen LogP contribution in [0.3, 0.4) is 0 Å². The fourth-order valence-corrected chi connectivity index (χ4v) is 1.58. The van der Waals surface area contributed by atoms with Gasteiger partial charge in [0.15, 0.2) is 6.29 Å². The van der Waals surface area contributed by atoms with Crippen molar-refractivity contribution in [2.24, 2.45) is 0 Å². The molecule has 0 aliphatic rings. The smallest absolute Gasteiger partial charge is 0.191 e. The average Bonchev–Trinajstić information content (AvgIpc) is 2.40. The molecule has 0 radical (unpaired) electrons. The van der Waals surface area contributed by atoms with Crippen LogP contribution in [-0.4, -0.2) is 32.1 Å². The van der Waals surface area contributed by atoms with Crippen LogP contribution >= 0.6 is 0 Å². The van der Waals surface area contributed by atoms with Crippen molar-refractivity contribution in [2.75, 3.05) is 20.8 Å². The summed E-state index contributed by atoms with van der Waals surface area (Å²) in [6, 6.07) is 9.73. The van der Waals surface area contributed by atoms with Crippen LogP contribution in [0.15, 0.2) is 36.5 Å². The van der Waals surface area contributed by atoms with E-state index in [1.54, 1.807) is 20.4 Å². The number of para-hydroxylation sites is 1. The monoisotopic (exact) mass is 233 g/mol. The zero-order valence-corrected chi connectivity index (χ0v) is 9.92. The lowest BCUT2D eigenvalue weighted by molar-refractivity contribution is -0.121. The van der Waals surface area contributed by atoms with E-state index in [-0.39, 0.29) is 6.29 Å². The molecule has 4 heteroatoms. The molecule has 90 valence electrons. The summed E-state index contributed by atoms with van der Waals surface area (Å²) in [6.07, 6.45) is 1.38. The summed E-state index contributed by atoms with van der Waals surface area (Å²) in [5.74, 6) is 0.738. The Morgan fingerprint density at radius 3 is 2.65 bits per heavy atom. The Labute approximate surface area is 100 Å². The van der Waals surface area contributed by atoms with Gasteiger partial charge in [-0.05, 0) is 12.1 Å². The van der Waals surface area contributed by atoms with E-state index in [2.05, 4.69) is 4.98 Å². The zero-order chi connectivity index (χ0) is 12.1. The molecule has 0 N–H and O–H groups in total. The van der Waals surface area contributed by atoms with Crippen molar-refractivity contribution in [3.63, 3.8) is 0 Å². The number of fused-ring (bicyclic) bond motifs is 1. The summed E-state index contributed by atoms with van der Waals surface area (Å²) in [6.45, 7) is 0.336. The Hall–Kier alpha value is -1.65. The molecule has 0 aliphatic heterocycles. The predicted octanol–water partition coefficient (Wildman–Crippen LogP) is 2.23.